The number of imidazole rings is 2. The van der Waals surface area contributed by atoms with E-state index in [-0.39, 0.29) is 73.3 Å². The average molecular weight is 833 g/mol. The lowest BCUT2D eigenvalue weighted by molar-refractivity contribution is -0.153. The maximum absolute atomic E-state index is 16.4. The van der Waals surface area contributed by atoms with Crippen LogP contribution in [0.15, 0.2) is 60.8 Å². The van der Waals surface area contributed by atoms with Crippen LogP contribution in [0.25, 0.3) is 44.5 Å². The molecule has 56 heavy (non-hydrogen) atoms. The predicted molar refractivity (Wildman–Crippen MR) is 213 cm³/mol. The molecular formula is C39H42Cl3F2N7O5. The summed E-state index contributed by atoms with van der Waals surface area (Å²) in [7, 11) is 0. The Balaban J connectivity index is 0.00000177. The van der Waals surface area contributed by atoms with Gasteiger partial charge in [-0.25, -0.2) is 14.8 Å². The van der Waals surface area contributed by atoms with Crippen molar-refractivity contribution in [3.63, 3.8) is 0 Å². The number of H-pyrrole nitrogens is 2. The molecule has 5 aromatic rings. The van der Waals surface area contributed by atoms with Gasteiger partial charge in [0.2, 0.25) is 5.91 Å². The van der Waals surface area contributed by atoms with Crippen LogP contribution in [0.5, 0.6) is 0 Å². The molecule has 2 aromatic heterocycles. The number of aromatic amines is 2. The van der Waals surface area contributed by atoms with Gasteiger partial charge in [-0.1, -0.05) is 44.2 Å². The van der Waals surface area contributed by atoms with Crippen molar-refractivity contribution in [1.29, 1.82) is 0 Å². The average Bonchev–Trinajstić information content (AvgIpc) is 4.00. The van der Waals surface area contributed by atoms with Gasteiger partial charge >= 0.3 is 6.09 Å². The Labute approximate surface area is 339 Å². The minimum Gasteiger partial charge on any atom is -0.465 e. The van der Waals surface area contributed by atoms with E-state index in [2.05, 4.69) is 25.6 Å². The molecule has 3 atom stereocenters. The number of ether oxygens (including phenoxy) is 2. The molecule has 2 amide bonds. The van der Waals surface area contributed by atoms with E-state index in [0.717, 1.165) is 41.8 Å². The first-order chi connectivity index (χ1) is 25.5. The number of likely N-dealkylation sites (tertiary alicyclic amines) is 1. The predicted octanol–water partition coefficient (Wildman–Crippen LogP) is 7.74. The van der Waals surface area contributed by atoms with Crippen molar-refractivity contribution in [3.05, 3.63) is 83.6 Å². The van der Waals surface area contributed by atoms with E-state index in [4.69, 9.17) is 14.5 Å². The van der Waals surface area contributed by atoms with Crippen molar-refractivity contribution < 1.29 is 33.0 Å². The summed E-state index contributed by atoms with van der Waals surface area (Å²) in [5.74, 6) is -3.73. The van der Waals surface area contributed by atoms with Crippen LogP contribution in [0.1, 0.15) is 68.0 Å². The maximum Gasteiger partial charge on any atom is 0.405 e. The van der Waals surface area contributed by atoms with Gasteiger partial charge in [-0.3, -0.25) is 4.79 Å². The highest BCUT2D eigenvalue weighted by Gasteiger charge is 2.53. The zero-order chi connectivity index (χ0) is 36.6. The molecule has 3 fully saturated rings. The fourth-order valence-electron chi connectivity index (χ4n) is 8.36. The molecule has 298 valence electrons. The monoisotopic (exact) mass is 831 g/mol. The van der Waals surface area contributed by atoms with E-state index in [0.29, 0.717) is 47.0 Å². The van der Waals surface area contributed by atoms with Crippen LogP contribution >= 0.6 is 37.2 Å². The summed E-state index contributed by atoms with van der Waals surface area (Å²) in [4.78, 5) is 42.9. The lowest BCUT2D eigenvalue weighted by atomic mass is 9.98. The van der Waals surface area contributed by atoms with Gasteiger partial charge in [-0.2, -0.15) is 8.78 Å². The van der Waals surface area contributed by atoms with Crippen molar-refractivity contribution in [1.82, 2.24) is 35.5 Å². The molecule has 9 rings (SSSR count). The second-order valence-electron chi connectivity index (χ2n) is 14.7. The highest BCUT2D eigenvalue weighted by molar-refractivity contribution is 5.88. The Kier molecular flexibility index (Phi) is 11.5. The smallest absolute Gasteiger partial charge is 0.405 e. The second-order valence-corrected chi connectivity index (χ2v) is 14.7. The largest absolute Gasteiger partial charge is 0.465 e. The lowest BCUT2D eigenvalue weighted by Crippen LogP contribution is -2.51. The van der Waals surface area contributed by atoms with Gasteiger partial charge in [0.15, 0.2) is 5.79 Å². The normalized spacial score (nSPS) is 20.6. The van der Waals surface area contributed by atoms with E-state index >= 15 is 8.78 Å². The number of nitrogens with zero attached hydrogens (tertiary/aromatic N) is 3. The molecule has 17 heteroatoms. The van der Waals surface area contributed by atoms with Crippen LogP contribution in [-0.4, -0.2) is 80.1 Å². The minimum atomic E-state index is -3.25. The fourth-order valence-corrected chi connectivity index (χ4v) is 8.36. The number of aromatic nitrogens is 4. The zero-order valence-electron chi connectivity index (χ0n) is 30.4. The van der Waals surface area contributed by atoms with Gasteiger partial charge in [0.05, 0.1) is 54.8 Å². The Hall–Kier alpha value is -4.31. The van der Waals surface area contributed by atoms with Gasteiger partial charge in [-0.15, -0.1) is 37.2 Å². The number of nitrogens with one attached hydrogen (secondary N) is 4. The highest BCUT2D eigenvalue weighted by atomic mass is 35.5. The number of carboxylic acid groups (broad SMARTS) is 1. The summed E-state index contributed by atoms with van der Waals surface area (Å²) in [5, 5.41) is 15.2. The summed E-state index contributed by atoms with van der Waals surface area (Å²) in [6.45, 7) is 5.32. The van der Waals surface area contributed by atoms with Crippen molar-refractivity contribution in [3.8, 4) is 33.5 Å². The topological polar surface area (TPSA) is 157 Å². The van der Waals surface area contributed by atoms with E-state index in [9.17, 15) is 14.7 Å². The molecule has 5 N–H and O–H groups in total. The Bertz CT molecular complexity index is 2270. The Morgan fingerprint density at radius 2 is 1.59 bits per heavy atom. The van der Waals surface area contributed by atoms with E-state index in [1.807, 2.05) is 24.3 Å². The molecule has 0 bridgehead atoms. The standard InChI is InChI=1S/C39H39F2N7O5.3ClH/c1-20(2)33(47-37(50)51)36(49)48-19-38(52-12-13-53-38)17-32(48)35-43-18-31(46-35)23-6-9-25-24-8-5-21(14-26(24)39(40,41)27(25)15-23)22-7-10-28-30(16-22)45-34(44-28)29-4-3-11-42-29;;;/h5-10,14-16,18,20,29,32-33,42,47H,3-4,11-13,17,19H2,1-2H3,(H,43,46)(H,44,45)(H,50,51);3*1H/t29-,32-,33-;;;/m0.../s1. The van der Waals surface area contributed by atoms with E-state index in [1.54, 1.807) is 44.3 Å². The first kappa shape index (κ1) is 41.3. The van der Waals surface area contributed by atoms with Gasteiger partial charge in [-0.05, 0) is 71.8 Å². The molecule has 3 aliphatic heterocycles. The van der Waals surface area contributed by atoms with Crippen molar-refractivity contribution in [2.75, 3.05) is 26.3 Å². The number of hydrogen-bond acceptors (Lipinski definition) is 7. The quantitative estimate of drug-likeness (QED) is 0.112. The van der Waals surface area contributed by atoms with Crippen LogP contribution in [0.3, 0.4) is 0 Å². The lowest BCUT2D eigenvalue weighted by Gasteiger charge is -2.29. The second kappa shape index (κ2) is 15.6. The third kappa shape index (κ3) is 7.00. The molecule has 0 unspecified atom stereocenters. The van der Waals surface area contributed by atoms with Crippen molar-refractivity contribution in [2.45, 2.75) is 62.9 Å². The molecule has 1 aliphatic carbocycles. The van der Waals surface area contributed by atoms with Crippen LogP contribution in [0.2, 0.25) is 0 Å². The first-order valence-corrected chi connectivity index (χ1v) is 18.0. The highest BCUT2D eigenvalue weighted by Crippen LogP contribution is 2.53. The molecule has 0 saturated carbocycles. The molecule has 4 aliphatic rings. The van der Waals surface area contributed by atoms with E-state index in [1.165, 1.54) is 11.0 Å². The number of carbonyl (C=O) groups excluding carboxylic acids is 1. The zero-order valence-corrected chi connectivity index (χ0v) is 32.9. The number of alkyl halides is 2. The molecule has 1 spiro atoms. The molecular weight excluding hydrogens is 791 g/mol. The number of fused-ring (bicyclic) bond motifs is 4. The number of benzene rings is 3. The molecule has 5 heterocycles. The van der Waals surface area contributed by atoms with Gasteiger partial charge in [0.25, 0.3) is 5.92 Å². The third-order valence-electron chi connectivity index (χ3n) is 11.1. The number of halogens is 5. The Morgan fingerprint density at radius 3 is 2.25 bits per heavy atom. The van der Waals surface area contributed by atoms with Crippen LogP contribution < -0.4 is 10.6 Å². The van der Waals surface area contributed by atoms with Gasteiger partial charge < -0.3 is 40.1 Å². The SMILES string of the molecule is CC(C)[C@H](NC(=O)O)C(=O)N1CC2(C[C@H]1c1ncc(-c3ccc4c(c3)C(F)(F)c3cc(-c5ccc6nc([C@@H]7CCCN7)[nH]c6c5)ccc3-4)[nH]1)OCCO2.Cl.Cl.Cl. The summed E-state index contributed by atoms with van der Waals surface area (Å²) >= 11 is 0. The third-order valence-corrected chi connectivity index (χ3v) is 11.1. The molecule has 3 aromatic carbocycles. The van der Waals surface area contributed by atoms with Crippen molar-refractivity contribution >= 4 is 60.3 Å². The fraction of sp³-hybridized carbons (Fsp3) is 0.385. The summed E-state index contributed by atoms with van der Waals surface area (Å²) in [5.41, 5.74) is 5.03. The minimum absolute atomic E-state index is 0. The summed E-state index contributed by atoms with van der Waals surface area (Å²) < 4.78 is 44.6. The van der Waals surface area contributed by atoms with Gasteiger partial charge in [0, 0.05) is 23.1 Å². The van der Waals surface area contributed by atoms with Gasteiger partial charge in [0.1, 0.15) is 17.7 Å². The molecule has 3 saturated heterocycles. The number of carbonyl (C=O) groups is 2. The summed E-state index contributed by atoms with van der Waals surface area (Å²) in [6, 6.07) is 14.6. The first-order valence-electron chi connectivity index (χ1n) is 18.0. The number of amides is 2. The maximum atomic E-state index is 16.4. The van der Waals surface area contributed by atoms with Crippen LogP contribution in [-0.2, 0) is 20.2 Å². The Morgan fingerprint density at radius 1 is 0.929 bits per heavy atom. The van der Waals surface area contributed by atoms with E-state index < -0.39 is 35.8 Å². The molecule has 12 nitrogen and oxygen atoms in total. The van der Waals surface area contributed by atoms with Crippen LogP contribution in [0.4, 0.5) is 13.6 Å². The van der Waals surface area contributed by atoms with Crippen LogP contribution in [0, 0.1) is 5.92 Å². The van der Waals surface area contributed by atoms with Crippen molar-refractivity contribution in [2.24, 2.45) is 5.92 Å². The molecule has 0 radical (unpaired) electrons. The number of hydrogen-bond donors (Lipinski definition) is 5. The summed E-state index contributed by atoms with van der Waals surface area (Å²) in [6.07, 6.45) is 2.66. The number of rotatable bonds is 7.